The van der Waals surface area contributed by atoms with E-state index >= 15 is 0 Å². The summed E-state index contributed by atoms with van der Waals surface area (Å²) in [4.78, 5) is 28.5. The Balaban J connectivity index is 1.31. The van der Waals surface area contributed by atoms with Crippen LogP contribution in [0.2, 0.25) is 0 Å². The summed E-state index contributed by atoms with van der Waals surface area (Å²) < 4.78 is 40.5. The van der Waals surface area contributed by atoms with E-state index in [1.54, 1.807) is 42.8 Å². The van der Waals surface area contributed by atoms with Crippen molar-refractivity contribution in [2.75, 3.05) is 19.7 Å². The first kappa shape index (κ1) is 21.3. The minimum absolute atomic E-state index is 0.0197. The number of aryl methyl sites for hydroxylation is 2. The Hall–Kier alpha value is -2.92. The van der Waals surface area contributed by atoms with Gasteiger partial charge in [0.05, 0.1) is 18.0 Å². The van der Waals surface area contributed by atoms with E-state index in [9.17, 15) is 18.0 Å². The van der Waals surface area contributed by atoms with Gasteiger partial charge in [0.25, 0.3) is 10.0 Å². The maximum atomic E-state index is 12.8. The number of piperidine rings is 1. The van der Waals surface area contributed by atoms with Gasteiger partial charge < -0.3 is 13.7 Å². The van der Waals surface area contributed by atoms with E-state index in [2.05, 4.69) is 4.98 Å². The Morgan fingerprint density at radius 3 is 2.65 bits per heavy atom. The van der Waals surface area contributed by atoms with Gasteiger partial charge in [-0.3, -0.25) is 9.36 Å². The van der Waals surface area contributed by atoms with Crippen LogP contribution >= 0.6 is 0 Å². The van der Waals surface area contributed by atoms with Gasteiger partial charge >= 0.3 is 11.7 Å². The zero-order valence-corrected chi connectivity index (χ0v) is 18.2. The summed E-state index contributed by atoms with van der Waals surface area (Å²) in [6.45, 7) is 2.41. The Kier molecular flexibility index (Phi) is 5.71. The van der Waals surface area contributed by atoms with Crippen LogP contribution in [0.4, 0.5) is 0 Å². The number of hydrogen-bond acceptors (Lipinski definition) is 7. The topological polar surface area (TPSA) is 117 Å². The molecule has 1 saturated heterocycles. The Bertz CT molecular complexity index is 1240. The number of oxazole rings is 1. The molecular weight excluding hydrogens is 424 g/mol. The molecule has 11 heteroatoms. The number of benzene rings is 1. The third-order valence-corrected chi connectivity index (χ3v) is 7.38. The number of ether oxygens (including phenoxy) is 1. The van der Waals surface area contributed by atoms with E-state index in [4.69, 9.17) is 9.15 Å². The number of para-hydroxylation sites is 2. The van der Waals surface area contributed by atoms with Crippen LogP contribution in [0.5, 0.6) is 0 Å². The van der Waals surface area contributed by atoms with Crippen LogP contribution in [-0.2, 0) is 33.1 Å². The third kappa shape index (κ3) is 4.15. The fraction of sp³-hybridized carbons (Fsp3) is 0.450. The first-order valence-corrected chi connectivity index (χ1v) is 11.5. The van der Waals surface area contributed by atoms with Crippen molar-refractivity contribution >= 4 is 27.1 Å². The number of carbonyl (C=O) groups is 1. The standard InChI is InChI=1S/C20H24N4O6S/c1-14-21-18(13-22(14)2)31(27,28)23-9-7-15(8-10-23)19(25)29-12-11-24-16-5-3-4-6-17(16)30-20(24)26/h3-6,13,15H,7-12H2,1-2H3. The first-order chi connectivity index (χ1) is 14.8. The average Bonchev–Trinajstić information content (AvgIpc) is 3.27. The van der Waals surface area contributed by atoms with Crippen molar-refractivity contribution < 1.29 is 22.4 Å². The molecule has 2 aromatic heterocycles. The quantitative estimate of drug-likeness (QED) is 0.522. The van der Waals surface area contributed by atoms with Crippen molar-refractivity contribution in [1.82, 2.24) is 18.4 Å². The van der Waals surface area contributed by atoms with E-state index < -0.39 is 15.8 Å². The second kappa shape index (κ2) is 8.31. The highest BCUT2D eigenvalue weighted by Gasteiger charge is 2.34. The molecule has 0 radical (unpaired) electrons. The first-order valence-electron chi connectivity index (χ1n) is 10.0. The number of esters is 1. The molecule has 31 heavy (non-hydrogen) atoms. The van der Waals surface area contributed by atoms with Crippen LogP contribution in [0.1, 0.15) is 18.7 Å². The Morgan fingerprint density at radius 2 is 1.97 bits per heavy atom. The third-order valence-electron chi connectivity index (χ3n) is 5.61. The molecule has 1 aromatic carbocycles. The molecule has 166 valence electrons. The Morgan fingerprint density at radius 1 is 1.26 bits per heavy atom. The number of rotatable bonds is 6. The van der Waals surface area contributed by atoms with Gasteiger partial charge in [-0.15, -0.1) is 0 Å². The molecule has 1 aliphatic heterocycles. The van der Waals surface area contributed by atoms with Crippen molar-refractivity contribution in [3.8, 4) is 0 Å². The number of carbonyl (C=O) groups excluding carboxylic acids is 1. The molecule has 10 nitrogen and oxygen atoms in total. The molecule has 4 rings (SSSR count). The minimum atomic E-state index is -3.68. The van der Waals surface area contributed by atoms with E-state index in [0.717, 1.165) is 0 Å². The summed E-state index contributed by atoms with van der Waals surface area (Å²) >= 11 is 0. The minimum Gasteiger partial charge on any atom is -0.464 e. The van der Waals surface area contributed by atoms with Crippen molar-refractivity contribution in [3.05, 3.63) is 46.8 Å². The lowest BCUT2D eigenvalue weighted by Gasteiger charge is -2.29. The van der Waals surface area contributed by atoms with Crippen LogP contribution in [0.15, 0.2) is 44.7 Å². The molecule has 0 spiro atoms. The molecule has 3 heterocycles. The largest absolute Gasteiger partial charge is 0.464 e. The van der Waals surface area contributed by atoms with Gasteiger partial charge in [-0.25, -0.2) is 18.2 Å². The summed E-state index contributed by atoms with van der Waals surface area (Å²) in [6.07, 6.45) is 2.24. The van der Waals surface area contributed by atoms with E-state index in [1.807, 2.05) is 0 Å². The average molecular weight is 449 g/mol. The van der Waals surface area contributed by atoms with Crippen molar-refractivity contribution in [3.63, 3.8) is 0 Å². The molecular formula is C20H24N4O6S. The normalized spacial score (nSPS) is 16.1. The molecule has 1 aliphatic rings. The predicted molar refractivity (Wildman–Crippen MR) is 111 cm³/mol. The number of fused-ring (bicyclic) bond motifs is 1. The maximum absolute atomic E-state index is 12.8. The molecule has 0 unspecified atom stereocenters. The molecule has 1 fully saturated rings. The van der Waals surface area contributed by atoms with Crippen molar-refractivity contribution in [2.24, 2.45) is 13.0 Å². The summed E-state index contributed by atoms with van der Waals surface area (Å²) in [5, 5.41) is 0.0197. The number of imidazole rings is 1. The lowest BCUT2D eigenvalue weighted by molar-refractivity contribution is -0.150. The highest BCUT2D eigenvalue weighted by atomic mass is 32.2. The monoisotopic (exact) mass is 448 g/mol. The van der Waals surface area contributed by atoms with Crippen molar-refractivity contribution in [2.45, 2.75) is 31.3 Å². The van der Waals surface area contributed by atoms with Gasteiger partial charge in [0.2, 0.25) is 0 Å². The van der Waals surface area contributed by atoms with Crippen LogP contribution in [-0.4, -0.2) is 52.5 Å². The number of sulfonamides is 1. The van der Waals surface area contributed by atoms with Gasteiger partial charge in [-0.2, -0.15) is 4.31 Å². The Labute approximate surface area is 179 Å². The van der Waals surface area contributed by atoms with Crippen molar-refractivity contribution in [1.29, 1.82) is 0 Å². The summed E-state index contributed by atoms with van der Waals surface area (Å²) in [7, 11) is -1.94. The lowest BCUT2D eigenvalue weighted by atomic mass is 9.98. The van der Waals surface area contributed by atoms with Gasteiger partial charge in [0.1, 0.15) is 12.4 Å². The van der Waals surface area contributed by atoms with E-state index in [-0.39, 0.29) is 43.2 Å². The summed E-state index contributed by atoms with van der Waals surface area (Å²) in [6, 6.07) is 7.04. The second-order valence-corrected chi connectivity index (χ2v) is 9.46. The molecule has 0 amide bonds. The van der Waals surface area contributed by atoms with Gasteiger partial charge in [-0.05, 0) is 31.9 Å². The number of hydrogen-bond donors (Lipinski definition) is 0. The smallest absolute Gasteiger partial charge is 0.420 e. The van der Waals surface area contributed by atoms with E-state index in [0.29, 0.717) is 29.8 Å². The van der Waals surface area contributed by atoms with Gasteiger partial charge in [-0.1, -0.05) is 12.1 Å². The highest BCUT2D eigenvalue weighted by molar-refractivity contribution is 7.89. The zero-order chi connectivity index (χ0) is 22.2. The van der Waals surface area contributed by atoms with Crippen LogP contribution in [0, 0.1) is 12.8 Å². The van der Waals surface area contributed by atoms with Gasteiger partial charge in [0, 0.05) is 26.3 Å². The predicted octanol–water partition coefficient (Wildman–Crippen LogP) is 1.28. The summed E-state index contributed by atoms with van der Waals surface area (Å²) in [5.41, 5.74) is 1.13. The molecule has 0 N–H and O–H groups in total. The van der Waals surface area contributed by atoms with E-state index in [1.165, 1.54) is 15.1 Å². The zero-order valence-electron chi connectivity index (χ0n) is 17.4. The number of nitrogens with zero attached hydrogens (tertiary/aromatic N) is 4. The molecule has 3 aromatic rings. The fourth-order valence-corrected chi connectivity index (χ4v) is 5.19. The van der Waals surface area contributed by atoms with Crippen LogP contribution in [0.3, 0.4) is 0 Å². The molecule has 0 aliphatic carbocycles. The molecule has 0 bridgehead atoms. The maximum Gasteiger partial charge on any atom is 0.420 e. The molecule has 0 saturated carbocycles. The SMILES string of the molecule is Cc1nc(S(=O)(=O)N2CCC(C(=O)OCCn3c(=O)oc4ccccc43)CC2)cn1C. The fourth-order valence-electron chi connectivity index (χ4n) is 3.70. The highest BCUT2D eigenvalue weighted by Crippen LogP contribution is 2.24. The van der Waals surface area contributed by atoms with Crippen LogP contribution < -0.4 is 5.76 Å². The number of aromatic nitrogens is 3. The summed E-state index contributed by atoms with van der Waals surface area (Å²) in [5.74, 6) is -0.650. The second-order valence-electron chi connectivity index (χ2n) is 7.57. The van der Waals surface area contributed by atoms with Crippen LogP contribution in [0.25, 0.3) is 11.1 Å². The lowest BCUT2D eigenvalue weighted by Crippen LogP contribution is -2.40. The van der Waals surface area contributed by atoms with Gasteiger partial charge in [0.15, 0.2) is 10.6 Å². The molecule has 0 atom stereocenters.